The van der Waals surface area contributed by atoms with Crippen molar-refractivity contribution in [3.05, 3.63) is 22.6 Å². The smallest absolute Gasteiger partial charge is 0.407 e. The van der Waals surface area contributed by atoms with Crippen LogP contribution in [-0.4, -0.2) is 53.3 Å². The van der Waals surface area contributed by atoms with Gasteiger partial charge in [0.25, 0.3) is 0 Å². The van der Waals surface area contributed by atoms with E-state index in [2.05, 4.69) is 20.5 Å². The van der Waals surface area contributed by atoms with E-state index in [1.165, 1.54) is 0 Å². The molecule has 1 aromatic rings. The molecule has 2 atom stereocenters. The molecule has 1 saturated heterocycles. The number of carbonyl (C=O) groups is 1. The minimum Gasteiger partial charge on any atom is -0.444 e. The summed E-state index contributed by atoms with van der Waals surface area (Å²) < 4.78 is 19.6. The Hall–Kier alpha value is -2.11. The molecule has 2 rings (SSSR count). The van der Waals surface area contributed by atoms with E-state index in [0.717, 1.165) is 19.2 Å². The third-order valence-corrected chi connectivity index (χ3v) is 4.51. The molecule has 7 nitrogen and oxygen atoms in total. The van der Waals surface area contributed by atoms with Crippen LogP contribution in [0.3, 0.4) is 0 Å². The van der Waals surface area contributed by atoms with Crippen molar-refractivity contribution in [1.82, 2.24) is 15.2 Å². The number of alkyl carbamates (subject to hydrolysis) is 1. The average molecular weight is 398 g/mol. The average Bonchev–Trinajstić information content (AvgIpc) is 2.57. The zero-order valence-electron chi connectivity index (χ0n) is 16.0. The Morgan fingerprint density at radius 1 is 1.52 bits per heavy atom. The van der Waals surface area contributed by atoms with Gasteiger partial charge in [-0.2, -0.15) is 5.26 Å². The van der Waals surface area contributed by atoms with Gasteiger partial charge in [0.15, 0.2) is 11.6 Å². The highest BCUT2D eigenvalue weighted by Gasteiger charge is 2.32. The topological polar surface area (TPSA) is 90.3 Å². The number of piperidine rings is 1. The number of ether oxygens (including phenoxy) is 1. The number of likely N-dealkylation sites (N-methyl/N-ethyl adjacent to an activating group) is 1. The van der Waals surface area contributed by atoms with Gasteiger partial charge in [-0.1, -0.05) is 18.5 Å². The fraction of sp³-hybridized carbons (Fsp3) is 0.611. The highest BCUT2D eigenvalue weighted by atomic mass is 35.5. The minimum atomic E-state index is -0.662. The van der Waals surface area contributed by atoms with Gasteiger partial charge in [-0.25, -0.2) is 14.2 Å². The lowest BCUT2D eigenvalue weighted by atomic mass is 9.99. The summed E-state index contributed by atoms with van der Waals surface area (Å²) in [6, 6.07) is 2.29. The van der Waals surface area contributed by atoms with Gasteiger partial charge in [0.2, 0.25) is 0 Å². The molecule has 0 radical (unpaired) electrons. The monoisotopic (exact) mass is 397 g/mol. The first-order chi connectivity index (χ1) is 12.6. The Kier molecular flexibility index (Phi) is 6.84. The van der Waals surface area contributed by atoms with Crippen LogP contribution in [0.2, 0.25) is 5.15 Å². The lowest BCUT2D eigenvalue weighted by Gasteiger charge is -2.39. The number of halogens is 2. The fourth-order valence-electron chi connectivity index (χ4n) is 2.91. The first-order valence-electron chi connectivity index (χ1n) is 8.87. The number of nitriles is 1. The Morgan fingerprint density at radius 3 is 2.81 bits per heavy atom. The Labute approximate surface area is 163 Å². The molecule has 2 unspecified atom stereocenters. The molecule has 0 bridgehead atoms. The number of carbonyl (C=O) groups excluding carboxylic acids is 1. The number of rotatable bonds is 4. The lowest BCUT2D eigenvalue weighted by Crippen LogP contribution is -2.58. The molecule has 0 saturated carbocycles. The number of likely N-dealkylation sites (tertiary alicyclic amines) is 1. The second kappa shape index (κ2) is 8.72. The fourth-order valence-corrected chi connectivity index (χ4v) is 3.09. The lowest BCUT2D eigenvalue weighted by molar-refractivity contribution is 0.0466. The molecule has 1 fully saturated rings. The van der Waals surface area contributed by atoms with E-state index >= 15 is 0 Å². The van der Waals surface area contributed by atoms with Crippen molar-refractivity contribution in [2.45, 2.75) is 51.8 Å². The van der Waals surface area contributed by atoms with Gasteiger partial charge in [-0.15, -0.1) is 0 Å². The van der Waals surface area contributed by atoms with Gasteiger partial charge in [0, 0.05) is 13.1 Å². The zero-order chi connectivity index (χ0) is 20.2. The first kappa shape index (κ1) is 21.2. The highest BCUT2D eigenvalue weighted by molar-refractivity contribution is 6.30. The van der Waals surface area contributed by atoms with Crippen molar-refractivity contribution in [2.75, 3.05) is 25.0 Å². The molecule has 9 heteroatoms. The van der Waals surface area contributed by atoms with Crippen LogP contribution in [0.5, 0.6) is 0 Å². The van der Waals surface area contributed by atoms with Crippen molar-refractivity contribution < 1.29 is 13.9 Å². The second-order valence-corrected chi connectivity index (χ2v) is 7.81. The number of amides is 1. The molecular formula is C18H25ClFN5O2. The molecule has 0 aliphatic carbocycles. The summed E-state index contributed by atoms with van der Waals surface area (Å²) in [5.74, 6) is -0.699. The Balaban J connectivity index is 2.16. The van der Waals surface area contributed by atoms with Crippen LogP contribution in [0.15, 0.2) is 6.07 Å². The standard InChI is InChI=1S/C18H25ClFN5O2/c1-5-25-7-6-13(14(10-25)23-17(26)27-18(2,3)4)22-16-12(20)8-11(9-21)15(19)24-16/h8,13-14H,5-7,10H2,1-4H3,(H,22,24)(H,23,26). The van der Waals surface area contributed by atoms with Gasteiger partial charge < -0.3 is 20.3 Å². The summed E-state index contributed by atoms with van der Waals surface area (Å²) in [4.78, 5) is 18.3. The minimum absolute atomic E-state index is 0.0241. The molecule has 2 N–H and O–H groups in total. The van der Waals surface area contributed by atoms with Crippen LogP contribution in [0, 0.1) is 17.1 Å². The number of aromatic nitrogens is 1. The molecular weight excluding hydrogens is 373 g/mol. The second-order valence-electron chi connectivity index (χ2n) is 7.45. The van der Waals surface area contributed by atoms with E-state index < -0.39 is 17.5 Å². The van der Waals surface area contributed by atoms with E-state index in [1.54, 1.807) is 26.8 Å². The third-order valence-electron chi connectivity index (χ3n) is 4.22. The van der Waals surface area contributed by atoms with E-state index in [0.29, 0.717) is 13.0 Å². The molecule has 1 aromatic heterocycles. The number of hydrogen-bond acceptors (Lipinski definition) is 6. The maximum absolute atomic E-state index is 14.3. The summed E-state index contributed by atoms with van der Waals surface area (Å²) in [5, 5.41) is 14.7. The van der Waals surface area contributed by atoms with Crippen LogP contribution in [-0.2, 0) is 4.74 Å². The quantitative estimate of drug-likeness (QED) is 0.758. The van der Waals surface area contributed by atoms with Gasteiger partial charge in [0.1, 0.15) is 16.8 Å². The molecule has 0 aromatic carbocycles. The maximum Gasteiger partial charge on any atom is 0.407 e. The normalized spacial score (nSPS) is 20.6. The maximum atomic E-state index is 14.3. The van der Waals surface area contributed by atoms with Crippen LogP contribution in [0.4, 0.5) is 15.0 Å². The SMILES string of the molecule is CCN1CCC(Nc2nc(Cl)c(C#N)cc2F)C(NC(=O)OC(C)(C)C)C1. The number of nitrogens with one attached hydrogen (secondary N) is 2. The summed E-state index contributed by atoms with van der Waals surface area (Å²) in [5.41, 5.74) is -0.635. The third kappa shape index (κ3) is 5.94. The Bertz CT molecular complexity index is 732. The molecule has 1 amide bonds. The number of hydrogen-bond donors (Lipinski definition) is 2. The summed E-state index contributed by atoms with van der Waals surface area (Å²) in [6.45, 7) is 9.65. The Morgan fingerprint density at radius 2 is 2.22 bits per heavy atom. The van der Waals surface area contributed by atoms with E-state index in [9.17, 15) is 9.18 Å². The highest BCUT2D eigenvalue weighted by Crippen LogP contribution is 2.23. The molecule has 2 heterocycles. The molecule has 1 aliphatic rings. The first-order valence-corrected chi connectivity index (χ1v) is 9.25. The van der Waals surface area contributed by atoms with Crippen LogP contribution in [0.25, 0.3) is 0 Å². The van der Waals surface area contributed by atoms with Gasteiger partial charge >= 0.3 is 6.09 Å². The largest absolute Gasteiger partial charge is 0.444 e. The van der Waals surface area contributed by atoms with E-state index in [4.69, 9.17) is 21.6 Å². The van der Waals surface area contributed by atoms with Crippen LogP contribution >= 0.6 is 11.6 Å². The van der Waals surface area contributed by atoms with Gasteiger partial charge in [-0.05, 0) is 39.8 Å². The number of pyridine rings is 1. The van der Waals surface area contributed by atoms with Crippen LogP contribution < -0.4 is 10.6 Å². The van der Waals surface area contributed by atoms with E-state index in [1.807, 2.05) is 6.92 Å². The van der Waals surface area contributed by atoms with Crippen LogP contribution in [0.1, 0.15) is 39.7 Å². The summed E-state index contributed by atoms with van der Waals surface area (Å²) in [7, 11) is 0. The van der Waals surface area contributed by atoms with Crippen molar-refractivity contribution in [3.63, 3.8) is 0 Å². The predicted octanol–water partition coefficient (Wildman–Crippen LogP) is 3.15. The van der Waals surface area contributed by atoms with Crippen molar-refractivity contribution in [2.24, 2.45) is 0 Å². The summed E-state index contributed by atoms with van der Waals surface area (Å²) in [6.07, 6.45) is 0.149. The predicted molar refractivity (Wildman–Crippen MR) is 101 cm³/mol. The molecule has 1 aliphatic heterocycles. The summed E-state index contributed by atoms with van der Waals surface area (Å²) >= 11 is 5.92. The molecule has 0 spiro atoms. The van der Waals surface area contributed by atoms with Crippen molar-refractivity contribution in [3.8, 4) is 6.07 Å². The number of anilines is 1. The van der Waals surface area contributed by atoms with Gasteiger partial charge in [-0.3, -0.25) is 0 Å². The number of nitrogens with zero attached hydrogens (tertiary/aromatic N) is 3. The van der Waals surface area contributed by atoms with Crippen molar-refractivity contribution in [1.29, 1.82) is 5.26 Å². The van der Waals surface area contributed by atoms with E-state index in [-0.39, 0.29) is 28.6 Å². The zero-order valence-corrected chi connectivity index (χ0v) is 16.7. The van der Waals surface area contributed by atoms with Gasteiger partial charge in [0.05, 0.1) is 17.6 Å². The molecule has 27 heavy (non-hydrogen) atoms. The molecule has 148 valence electrons. The van der Waals surface area contributed by atoms with Crippen molar-refractivity contribution >= 4 is 23.5 Å².